The van der Waals surface area contributed by atoms with Gasteiger partial charge < -0.3 is 16.0 Å². The van der Waals surface area contributed by atoms with Gasteiger partial charge in [0.1, 0.15) is 16.8 Å². The predicted octanol–water partition coefficient (Wildman–Crippen LogP) is 7.49. The van der Waals surface area contributed by atoms with Crippen molar-refractivity contribution in [2.24, 2.45) is 0 Å². The first-order valence-corrected chi connectivity index (χ1v) is 15.8. The van der Waals surface area contributed by atoms with E-state index in [0.717, 1.165) is 20.9 Å². The summed E-state index contributed by atoms with van der Waals surface area (Å²) >= 11 is 4.06. The number of carbonyl (C=O) groups is 3. The van der Waals surface area contributed by atoms with E-state index < -0.39 is 11.8 Å². The maximum Gasteiger partial charge on any atom is 0.272 e. The van der Waals surface area contributed by atoms with Crippen molar-refractivity contribution in [1.29, 1.82) is 5.26 Å². The molecule has 0 bridgehead atoms. The number of anilines is 2. The number of hydrogen-bond acceptors (Lipinski definition) is 7. The standard InChI is InChI=1S/C33H24N4O3S3/c34-19-27-28(22-9-3-1-4-10-22)20-43-33(27)37-30(38)21-42-25-14-7-13-24(17-25)35-32(40)29(18-26-15-8-16-41-26)36-31(39)23-11-5-2-6-12-23/h1-18,20H,21H2,(H,35,40)(H,36,39)(H,37,38)/b29-18-. The van der Waals surface area contributed by atoms with Crippen LogP contribution in [0.2, 0.25) is 0 Å². The van der Waals surface area contributed by atoms with Crippen molar-refractivity contribution in [3.8, 4) is 17.2 Å². The van der Waals surface area contributed by atoms with Crippen LogP contribution < -0.4 is 16.0 Å². The minimum Gasteiger partial charge on any atom is -0.321 e. The number of rotatable bonds is 10. The lowest BCUT2D eigenvalue weighted by Gasteiger charge is -2.12. The van der Waals surface area contributed by atoms with Crippen LogP contribution in [0.5, 0.6) is 0 Å². The van der Waals surface area contributed by atoms with E-state index in [1.165, 1.54) is 34.4 Å². The maximum atomic E-state index is 13.3. The Morgan fingerprint density at radius 1 is 0.860 bits per heavy atom. The molecule has 0 aliphatic carbocycles. The Hall–Kier alpha value is -4.95. The molecule has 3 aromatic carbocycles. The summed E-state index contributed by atoms with van der Waals surface area (Å²) in [7, 11) is 0. The zero-order valence-electron chi connectivity index (χ0n) is 22.6. The van der Waals surface area contributed by atoms with Gasteiger partial charge in [0.15, 0.2) is 0 Å². The van der Waals surface area contributed by atoms with Crippen molar-refractivity contribution in [3.05, 3.63) is 130 Å². The van der Waals surface area contributed by atoms with Gasteiger partial charge >= 0.3 is 0 Å². The lowest BCUT2D eigenvalue weighted by atomic mass is 10.1. The molecule has 0 radical (unpaired) electrons. The molecule has 5 aromatic rings. The second kappa shape index (κ2) is 14.3. The van der Waals surface area contributed by atoms with E-state index in [0.29, 0.717) is 21.8 Å². The highest BCUT2D eigenvalue weighted by Crippen LogP contribution is 2.35. The number of benzene rings is 3. The summed E-state index contributed by atoms with van der Waals surface area (Å²) in [4.78, 5) is 40.4. The van der Waals surface area contributed by atoms with Crippen LogP contribution in [-0.4, -0.2) is 23.5 Å². The van der Waals surface area contributed by atoms with E-state index in [4.69, 9.17) is 0 Å². The first-order valence-electron chi connectivity index (χ1n) is 13.0. The molecule has 0 aliphatic rings. The van der Waals surface area contributed by atoms with Crippen molar-refractivity contribution in [2.75, 3.05) is 16.4 Å². The summed E-state index contributed by atoms with van der Waals surface area (Å²) in [5, 5.41) is 22.4. The van der Waals surface area contributed by atoms with E-state index in [1.54, 1.807) is 48.5 Å². The number of thiophene rings is 2. The maximum absolute atomic E-state index is 13.3. The third-order valence-corrected chi connectivity index (χ3v) is 8.77. The number of nitrogens with zero attached hydrogens (tertiary/aromatic N) is 1. The SMILES string of the molecule is N#Cc1c(-c2ccccc2)csc1NC(=O)CSc1cccc(NC(=O)/C(=C/c2cccs2)NC(=O)c2ccccc2)c1. The second-order valence-electron chi connectivity index (χ2n) is 9.04. The van der Waals surface area contributed by atoms with Crippen LogP contribution in [0.15, 0.2) is 118 Å². The van der Waals surface area contributed by atoms with Gasteiger partial charge in [-0.25, -0.2) is 0 Å². The van der Waals surface area contributed by atoms with Gasteiger partial charge in [-0.15, -0.1) is 34.4 Å². The zero-order valence-corrected chi connectivity index (χ0v) is 25.0. The number of hydrogen-bond donors (Lipinski definition) is 3. The fourth-order valence-electron chi connectivity index (χ4n) is 4.02. The number of nitriles is 1. The van der Waals surface area contributed by atoms with Crippen LogP contribution in [0.4, 0.5) is 10.7 Å². The van der Waals surface area contributed by atoms with Crippen molar-refractivity contribution < 1.29 is 14.4 Å². The van der Waals surface area contributed by atoms with Crippen molar-refractivity contribution in [2.45, 2.75) is 4.90 Å². The third-order valence-electron chi connectivity index (χ3n) is 6.06. The van der Waals surface area contributed by atoms with Crippen LogP contribution in [0.3, 0.4) is 0 Å². The van der Waals surface area contributed by atoms with E-state index in [1.807, 2.05) is 65.4 Å². The summed E-state index contributed by atoms with van der Waals surface area (Å²) in [6.45, 7) is 0. The Morgan fingerprint density at radius 2 is 1.63 bits per heavy atom. The Labute approximate surface area is 260 Å². The monoisotopic (exact) mass is 620 g/mol. The summed E-state index contributed by atoms with van der Waals surface area (Å²) < 4.78 is 0. The molecule has 0 unspecified atom stereocenters. The van der Waals surface area contributed by atoms with Crippen molar-refractivity contribution in [3.63, 3.8) is 0 Å². The summed E-state index contributed by atoms with van der Waals surface area (Å²) in [6.07, 6.45) is 1.63. The highest BCUT2D eigenvalue weighted by Gasteiger charge is 2.17. The average molecular weight is 621 g/mol. The molecule has 0 atom stereocenters. The Morgan fingerprint density at radius 3 is 2.35 bits per heavy atom. The van der Waals surface area contributed by atoms with Gasteiger partial charge in [0.25, 0.3) is 11.8 Å². The topological polar surface area (TPSA) is 111 Å². The molecular weight excluding hydrogens is 597 g/mol. The first-order chi connectivity index (χ1) is 21.0. The van der Waals surface area contributed by atoms with Gasteiger partial charge in [0, 0.05) is 32.0 Å². The van der Waals surface area contributed by atoms with Crippen LogP contribution >= 0.6 is 34.4 Å². The van der Waals surface area contributed by atoms with Crippen LogP contribution in [-0.2, 0) is 9.59 Å². The lowest BCUT2D eigenvalue weighted by Crippen LogP contribution is -2.30. The van der Waals surface area contributed by atoms with Crippen molar-refractivity contribution in [1.82, 2.24) is 5.32 Å². The number of amides is 3. The fourth-order valence-corrected chi connectivity index (χ4v) is 6.37. The van der Waals surface area contributed by atoms with Gasteiger partial charge in [-0.3, -0.25) is 14.4 Å². The van der Waals surface area contributed by atoms with Crippen LogP contribution in [0.25, 0.3) is 17.2 Å². The summed E-state index contributed by atoms with van der Waals surface area (Å²) in [6, 6.07) is 31.3. The number of nitrogens with one attached hydrogen (secondary N) is 3. The third kappa shape index (κ3) is 7.87. The molecule has 5 rings (SSSR count). The first kappa shape index (κ1) is 29.5. The molecule has 2 heterocycles. The van der Waals surface area contributed by atoms with Gasteiger partial charge in [0.05, 0.1) is 11.3 Å². The normalized spacial score (nSPS) is 10.9. The highest BCUT2D eigenvalue weighted by molar-refractivity contribution is 8.00. The summed E-state index contributed by atoms with van der Waals surface area (Å²) in [5.41, 5.74) is 3.19. The molecule has 2 aromatic heterocycles. The lowest BCUT2D eigenvalue weighted by molar-refractivity contribution is -0.114. The Balaban J connectivity index is 1.23. The number of carbonyl (C=O) groups excluding carboxylic acids is 3. The molecule has 3 amide bonds. The van der Waals surface area contributed by atoms with E-state index >= 15 is 0 Å². The van der Waals surface area contributed by atoms with E-state index in [2.05, 4.69) is 22.0 Å². The zero-order chi connectivity index (χ0) is 30.0. The fraction of sp³-hybridized carbons (Fsp3) is 0.0303. The minimum absolute atomic E-state index is 0.104. The predicted molar refractivity (Wildman–Crippen MR) is 175 cm³/mol. The number of thioether (sulfide) groups is 1. The van der Waals surface area contributed by atoms with E-state index in [-0.39, 0.29) is 17.4 Å². The molecule has 0 fully saturated rings. The van der Waals surface area contributed by atoms with Crippen LogP contribution in [0, 0.1) is 11.3 Å². The minimum atomic E-state index is -0.478. The molecule has 7 nitrogen and oxygen atoms in total. The van der Waals surface area contributed by atoms with Gasteiger partial charge in [-0.05, 0) is 53.4 Å². The highest BCUT2D eigenvalue weighted by atomic mass is 32.2. The molecule has 0 aliphatic heterocycles. The molecular formula is C33H24N4O3S3. The molecule has 10 heteroatoms. The average Bonchev–Trinajstić information content (AvgIpc) is 3.70. The molecule has 0 saturated heterocycles. The molecule has 43 heavy (non-hydrogen) atoms. The van der Waals surface area contributed by atoms with Crippen molar-refractivity contribution >= 4 is 68.9 Å². The van der Waals surface area contributed by atoms with Gasteiger partial charge in [0.2, 0.25) is 5.91 Å². The van der Waals surface area contributed by atoms with Gasteiger partial charge in [-0.2, -0.15) is 5.26 Å². The Bertz CT molecular complexity index is 1810. The van der Waals surface area contributed by atoms with Gasteiger partial charge in [-0.1, -0.05) is 60.7 Å². The van der Waals surface area contributed by atoms with Crippen LogP contribution in [0.1, 0.15) is 20.8 Å². The Kier molecular flexibility index (Phi) is 9.82. The second-order valence-corrected chi connectivity index (χ2v) is 12.0. The molecule has 0 spiro atoms. The largest absolute Gasteiger partial charge is 0.321 e. The smallest absolute Gasteiger partial charge is 0.272 e. The molecule has 212 valence electrons. The quantitative estimate of drug-likeness (QED) is 0.111. The summed E-state index contributed by atoms with van der Waals surface area (Å²) in [5.74, 6) is -1.01. The molecule has 3 N–H and O–H groups in total. The van der Waals surface area contributed by atoms with E-state index in [9.17, 15) is 19.6 Å². The molecule has 0 saturated carbocycles.